The number of carbonyl (C=O) groups excluding carboxylic acids is 1. The van der Waals surface area contributed by atoms with Gasteiger partial charge in [-0.25, -0.2) is 0 Å². The van der Waals surface area contributed by atoms with Crippen molar-refractivity contribution in [1.29, 1.82) is 0 Å². The molecule has 4 unspecified atom stereocenters. The predicted octanol–water partition coefficient (Wildman–Crippen LogP) is 5.03. The third kappa shape index (κ3) is 3.22. The van der Waals surface area contributed by atoms with E-state index in [1.807, 2.05) is 6.08 Å². The Morgan fingerprint density at radius 1 is 1.21 bits per heavy atom. The second-order valence-electron chi connectivity index (χ2n) is 7.56. The van der Waals surface area contributed by atoms with Gasteiger partial charge >= 0.3 is 5.97 Å². The highest BCUT2D eigenvalue weighted by Gasteiger charge is 2.62. The van der Waals surface area contributed by atoms with Gasteiger partial charge in [-0.2, -0.15) is 4.89 Å². The first kappa shape index (κ1) is 19.3. The molecule has 4 atom stereocenters. The van der Waals surface area contributed by atoms with Gasteiger partial charge in [0, 0.05) is 5.41 Å². The third-order valence-electron chi connectivity index (χ3n) is 6.47. The number of carbonyl (C=O) groups is 1. The number of ether oxygens (including phenoxy) is 1. The van der Waals surface area contributed by atoms with Crippen molar-refractivity contribution in [3.05, 3.63) is 12.3 Å². The van der Waals surface area contributed by atoms with E-state index in [2.05, 4.69) is 27.7 Å². The highest BCUT2D eigenvalue weighted by atomic mass is 17.2. The van der Waals surface area contributed by atoms with Crippen LogP contribution in [0.4, 0.5) is 0 Å². The zero-order valence-electron chi connectivity index (χ0n) is 15.8. The summed E-state index contributed by atoms with van der Waals surface area (Å²) in [6.07, 6.45) is 11.0. The van der Waals surface area contributed by atoms with Crippen LogP contribution in [0, 0.1) is 22.7 Å². The third-order valence-corrected chi connectivity index (χ3v) is 6.47. The first-order valence-corrected chi connectivity index (χ1v) is 9.71. The van der Waals surface area contributed by atoms with E-state index in [1.165, 1.54) is 12.8 Å². The van der Waals surface area contributed by atoms with E-state index in [0.29, 0.717) is 19.1 Å². The summed E-state index contributed by atoms with van der Waals surface area (Å²) in [7, 11) is 0. The number of cyclic esters (lactones) is 1. The quantitative estimate of drug-likeness (QED) is 0.482. The van der Waals surface area contributed by atoms with Gasteiger partial charge in [0.05, 0.1) is 6.61 Å². The van der Waals surface area contributed by atoms with E-state index in [4.69, 9.17) is 14.5 Å². The summed E-state index contributed by atoms with van der Waals surface area (Å²) in [4.78, 5) is 23.7. The van der Waals surface area contributed by atoms with Crippen molar-refractivity contribution < 1.29 is 19.3 Å². The van der Waals surface area contributed by atoms with Crippen molar-refractivity contribution in [3.8, 4) is 0 Å². The van der Waals surface area contributed by atoms with Gasteiger partial charge in [-0.05, 0) is 37.2 Å². The Labute approximate surface area is 146 Å². The summed E-state index contributed by atoms with van der Waals surface area (Å²) in [5, 5.41) is 0. The van der Waals surface area contributed by atoms with Crippen molar-refractivity contribution in [2.75, 3.05) is 13.2 Å². The van der Waals surface area contributed by atoms with Crippen LogP contribution in [0.2, 0.25) is 0 Å². The van der Waals surface area contributed by atoms with Crippen LogP contribution in [0.25, 0.3) is 0 Å². The maximum Gasteiger partial charge on any atom is 0.317 e. The molecule has 0 aliphatic carbocycles. The van der Waals surface area contributed by atoms with Crippen LogP contribution in [0.1, 0.15) is 72.6 Å². The normalized spacial score (nSPS) is 36.2. The maximum absolute atomic E-state index is 13.1. The predicted molar refractivity (Wildman–Crippen MR) is 94.0 cm³/mol. The van der Waals surface area contributed by atoms with Gasteiger partial charge in [0.15, 0.2) is 0 Å². The molecule has 0 aromatic carbocycles. The topological polar surface area (TPSA) is 44.8 Å². The minimum absolute atomic E-state index is 0.0916. The van der Waals surface area contributed by atoms with Crippen LogP contribution < -0.4 is 0 Å². The molecular weight excluding hydrogens is 304 g/mol. The summed E-state index contributed by atoms with van der Waals surface area (Å²) < 4.78 is 5.74. The summed E-state index contributed by atoms with van der Waals surface area (Å²) in [6.45, 7) is 9.77. The van der Waals surface area contributed by atoms with Gasteiger partial charge in [0.2, 0.25) is 0 Å². The van der Waals surface area contributed by atoms with Crippen molar-refractivity contribution >= 4 is 5.97 Å². The lowest BCUT2D eigenvalue weighted by molar-refractivity contribution is -0.274. The van der Waals surface area contributed by atoms with Crippen LogP contribution in [0.15, 0.2) is 12.3 Å². The minimum Gasteiger partial charge on any atom is -0.465 e. The van der Waals surface area contributed by atoms with E-state index < -0.39 is 5.41 Å². The summed E-state index contributed by atoms with van der Waals surface area (Å²) in [6, 6.07) is 0. The molecule has 1 spiro atoms. The number of hydrogen-bond donors (Lipinski definition) is 0. The highest BCUT2D eigenvalue weighted by molar-refractivity contribution is 5.81. The monoisotopic (exact) mass is 338 g/mol. The van der Waals surface area contributed by atoms with Gasteiger partial charge < -0.3 is 9.62 Å². The summed E-state index contributed by atoms with van der Waals surface area (Å²) in [5.41, 5.74) is -0.915. The van der Waals surface area contributed by atoms with Gasteiger partial charge in [-0.3, -0.25) is 4.79 Å². The number of rotatable bonds is 7. The SMILES string of the molecule is CCCCC1COC(=O)C2(C=COOCC2(CC)CCCC)C1C. The second kappa shape index (κ2) is 8.37. The van der Waals surface area contributed by atoms with Crippen molar-refractivity contribution in [3.63, 3.8) is 0 Å². The molecule has 0 bridgehead atoms. The zero-order valence-corrected chi connectivity index (χ0v) is 15.8. The lowest BCUT2D eigenvalue weighted by Crippen LogP contribution is -2.58. The van der Waals surface area contributed by atoms with Crippen LogP contribution in [-0.4, -0.2) is 19.2 Å². The molecule has 0 aromatic heterocycles. The molecule has 0 saturated carbocycles. The van der Waals surface area contributed by atoms with Gasteiger partial charge in [-0.15, -0.1) is 0 Å². The molecule has 4 heteroatoms. The number of hydrogen-bond acceptors (Lipinski definition) is 4. The van der Waals surface area contributed by atoms with Gasteiger partial charge in [0.1, 0.15) is 18.3 Å². The Bertz CT molecular complexity index is 447. The van der Waals surface area contributed by atoms with Crippen molar-refractivity contribution in [1.82, 2.24) is 0 Å². The van der Waals surface area contributed by atoms with Crippen molar-refractivity contribution in [2.24, 2.45) is 22.7 Å². The van der Waals surface area contributed by atoms with E-state index >= 15 is 0 Å². The Morgan fingerprint density at radius 2 is 1.96 bits per heavy atom. The molecule has 2 heterocycles. The van der Waals surface area contributed by atoms with Crippen LogP contribution in [0.3, 0.4) is 0 Å². The fraction of sp³-hybridized carbons (Fsp3) is 0.850. The van der Waals surface area contributed by atoms with E-state index in [0.717, 1.165) is 32.1 Å². The summed E-state index contributed by atoms with van der Waals surface area (Å²) in [5.74, 6) is 0.535. The molecule has 2 rings (SSSR count). The molecule has 0 radical (unpaired) electrons. The number of unbranched alkanes of at least 4 members (excludes halogenated alkanes) is 2. The average Bonchev–Trinajstić information content (AvgIpc) is 2.78. The molecule has 0 N–H and O–H groups in total. The minimum atomic E-state index is -0.649. The Balaban J connectivity index is 2.44. The summed E-state index contributed by atoms with van der Waals surface area (Å²) >= 11 is 0. The fourth-order valence-electron chi connectivity index (χ4n) is 4.71. The number of esters is 1. The second-order valence-corrected chi connectivity index (χ2v) is 7.56. The van der Waals surface area contributed by atoms with E-state index in [-0.39, 0.29) is 17.3 Å². The molecule has 0 amide bonds. The molecular formula is C20H34O4. The lowest BCUT2D eigenvalue weighted by atomic mass is 9.51. The van der Waals surface area contributed by atoms with Crippen molar-refractivity contribution in [2.45, 2.75) is 72.6 Å². The first-order valence-electron chi connectivity index (χ1n) is 9.71. The molecule has 24 heavy (non-hydrogen) atoms. The molecule has 4 nitrogen and oxygen atoms in total. The van der Waals surface area contributed by atoms with Crippen LogP contribution in [0.5, 0.6) is 0 Å². The maximum atomic E-state index is 13.1. The zero-order chi connectivity index (χ0) is 17.6. The molecule has 0 aromatic rings. The Hall–Kier alpha value is -1.03. The first-order chi connectivity index (χ1) is 11.6. The molecule has 1 saturated heterocycles. The average molecular weight is 338 g/mol. The van der Waals surface area contributed by atoms with E-state index in [9.17, 15) is 4.79 Å². The molecule has 2 aliphatic heterocycles. The smallest absolute Gasteiger partial charge is 0.317 e. The molecule has 138 valence electrons. The highest BCUT2D eigenvalue weighted by Crippen LogP contribution is 2.57. The fourth-order valence-corrected chi connectivity index (χ4v) is 4.71. The van der Waals surface area contributed by atoms with Crippen LogP contribution >= 0.6 is 0 Å². The van der Waals surface area contributed by atoms with Gasteiger partial charge in [-0.1, -0.05) is 53.4 Å². The Morgan fingerprint density at radius 3 is 2.62 bits per heavy atom. The van der Waals surface area contributed by atoms with Crippen LogP contribution in [-0.2, 0) is 19.3 Å². The Kier molecular flexibility index (Phi) is 6.73. The lowest BCUT2D eigenvalue weighted by Gasteiger charge is -2.53. The molecule has 1 fully saturated rings. The largest absolute Gasteiger partial charge is 0.465 e. The van der Waals surface area contributed by atoms with Gasteiger partial charge in [0.25, 0.3) is 0 Å². The standard InChI is InChI=1S/C20H34O4/c1-5-8-10-17-14-22-18(21)20(16(17)4)12-13-23-24-15-19(20,7-3)11-9-6-2/h12-13,16-17H,5-11,14-15H2,1-4H3. The van der Waals surface area contributed by atoms with E-state index in [1.54, 1.807) is 6.26 Å². The molecule has 2 aliphatic rings.